The van der Waals surface area contributed by atoms with Crippen LogP contribution >= 0.6 is 23.2 Å². The van der Waals surface area contributed by atoms with Crippen molar-refractivity contribution in [2.24, 2.45) is 11.1 Å². The highest BCUT2D eigenvalue weighted by Crippen LogP contribution is 2.41. The molecule has 8 nitrogen and oxygen atoms in total. The molecule has 2 aromatic heterocycles. The summed E-state index contributed by atoms with van der Waals surface area (Å²) in [6.07, 6.45) is 3.83. The van der Waals surface area contributed by atoms with E-state index in [9.17, 15) is 14.4 Å². The van der Waals surface area contributed by atoms with E-state index >= 15 is 0 Å². The normalized spacial score (nSPS) is 20.8. The smallest absolute Gasteiger partial charge is 0.270 e. The molecule has 1 saturated carbocycles. The van der Waals surface area contributed by atoms with Crippen molar-refractivity contribution in [3.8, 4) is 0 Å². The number of aromatic nitrogens is 2. The van der Waals surface area contributed by atoms with Gasteiger partial charge in [-0.2, -0.15) is 0 Å². The molecule has 3 atom stereocenters. The lowest BCUT2D eigenvalue weighted by Gasteiger charge is -2.42. The van der Waals surface area contributed by atoms with Crippen LogP contribution in [0, 0.1) is 5.41 Å². The standard InChI is InChI=1S/C30H29Cl2N5O3/c1-3-37(2)29(40)30(27(38)25-12-17-4-6-21(31)10-19(17)15-34-25)9-8-24(23(33)14-30)36-28(39)26-13-18-5-7-22(32)11-20(18)16-35-26/h4-7,10-13,15-16,23-24H,3,8-9,14,33H2,1-2H3,(H,36,39). The number of carbonyl (C=O) groups excluding carboxylic acids is 3. The van der Waals surface area contributed by atoms with Gasteiger partial charge >= 0.3 is 0 Å². The lowest BCUT2D eigenvalue weighted by Crippen LogP contribution is -2.59. The molecule has 1 aliphatic carbocycles. The molecule has 0 saturated heterocycles. The molecule has 40 heavy (non-hydrogen) atoms. The van der Waals surface area contributed by atoms with E-state index in [-0.39, 0.29) is 41.8 Å². The number of fused-ring (bicyclic) bond motifs is 2. The second-order valence-electron chi connectivity index (χ2n) is 10.3. The van der Waals surface area contributed by atoms with Crippen LogP contribution < -0.4 is 11.1 Å². The number of hydrogen-bond donors (Lipinski definition) is 2. The third kappa shape index (κ3) is 5.27. The zero-order valence-corrected chi connectivity index (χ0v) is 23.7. The summed E-state index contributed by atoms with van der Waals surface area (Å²) in [6.45, 7) is 2.29. The number of nitrogens with zero attached hydrogens (tertiary/aromatic N) is 3. The predicted octanol–water partition coefficient (Wildman–Crippen LogP) is 5.05. The molecule has 1 fully saturated rings. The van der Waals surface area contributed by atoms with Crippen LogP contribution in [0.1, 0.15) is 47.2 Å². The fourth-order valence-electron chi connectivity index (χ4n) is 5.41. The number of hydrogen-bond acceptors (Lipinski definition) is 6. The van der Waals surface area contributed by atoms with E-state index in [4.69, 9.17) is 28.9 Å². The van der Waals surface area contributed by atoms with Crippen molar-refractivity contribution in [2.75, 3.05) is 13.6 Å². The Balaban J connectivity index is 1.39. The number of pyridine rings is 2. The number of carbonyl (C=O) groups is 3. The highest BCUT2D eigenvalue weighted by Gasteiger charge is 2.52. The van der Waals surface area contributed by atoms with E-state index in [1.807, 2.05) is 19.1 Å². The Labute approximate surface area is 241 Å². The topological polar surface area (TPSA) is 118 Å². The van der Waals surface area contributed by atoms with E-state index in [0.29, 0.717) is 23.0 Å². The molecule has 2 aromatic carbocycles. The van der Waals surface area contributed by atoms with Gasteiger partial charge in [0.2, 0.25) is 5.91 Å². The maximum Gasteiger partial charge on any atom is 0.270 e. The molecular formula is C30H29Cl2N5O3. The van der Waals surface area contributed by atoms with E-state index in [0.717, 1.165) is 21.5 Å². The number of Topliss-reactive ketones (excluding diaryl/α,β-unsaturated/α-hetero) is 1. The van der Waals surface area contributed by atoms with Gasteiger partial charge < -0.3 is 16.0 Å². The van der Waals surface area contributed by atoms with Gasteiger partial charge in [-0.15, -0.1) is 0 Å². The van der Waals surface area contributed by atoms with E-state index in [2.05, 4.69) is 15.3 Å². The lowest BCUT2D eigenvalue weighted by molar-refractivity contribution is -0.139. The number of nitrogens with two attached hydrogens (primary N) is 1. The van der Waals surface area contributed by atoms with Gasteiger partial charge in [-0.25, -0.2) is 0 Å². The summed E-state index contributed by atoms with van der Waals surface area (Å²) in [5.74, 6) is -1.04. The first-order valence-corrected chi connectivity index (χ1v) is 13.8. The van der Waals surface area contributed by atoms with Gasteiger partial charge in [0, 0.05) is 58.9 Å². The Bertz CT molecular complexity index is 1640. The average molecular weight is 579 g/mol. The summed E-state index contributed by atoms with van der Waals surface area (Å²) in [5.41, 5.74) is 5.64. The number of halogens is 2. The molecule has 0 bridgehead atoms. The quantitative estimate of drug-likeness (QED) is 0.244. The predicted molar refractivity (Wildman–Crippen MR) is 157 cm³/mol. The van der Waals surface area contributed by atoms with Gasteiger partial charge in [0.1, 0.15) is 16.8 Å². The van der Waals surface area contributed by atoms with Crippen molar-refractivity contribution < 1.29 is 14.4 Å². The first-order valence-electron chi connectivity index (χ1n) is 13.1. The number of amides is 2. The van der Waals surface area contributed by atoms with Crippen molar-refractivity contribution in [2.45, 2.75) is 38.3 Å². The molecule has 4 aromatic rings. The average Bonchev–Trinajstić information content (AvgIpc) is 2.96. The molecule has 2 amide bonds. The van der Waals surface area contributed by atoms with Crippen LogP contribution in [0.3, 0.4) is 0 Å². The zero-order valence-electron chi connectivity index (χ0n) is 22.2. The number of ketones is 1. The third-order valence-electron chi connectivity index (χ3n) is 7.80. The molecule has 206 valence electrons. The van der Waals surface area contributed by atoms with E-state index in [1.165, 1.54) is 4.90 Å². The molecule has 3 unspecified atom stereocenters. The number of rotatable bonds is 6. The second-order valence-corrected chi connectivity index (χ2v) is 11.2. The largest absolute Gasteiger partial charge is 0.346 e. The minimum atomic E-state index is -1.39. The van der Waals surface area contributed by atoms with Gasteiger partial charge in [-0.3, -0.25) is 24.4 Å². The SMILES string of the molecule is CCN(C)C(=O)C1(C(=O)c2cc3ccc(Cl)cc3cn2)CCC(NC(=O)c2cc3ccc(Cl)cc3cn2)C(N)C1. The van der Waals surface area contributed by atoms with Crippen molar-refractivity contribution in [3.05, 3.63) is 82.4 Å². The Hall–Kier alpha value is -3.59. The number of nitrogens with one attached hydrogen (secondary N) is 1. The molecule has 5 rings (SSSR count). The summed E-state index contributed by atoms with van der Waals surface area (Å²) in [5, 5.41) is 7.38. The van der Waals surface area contributed by atoms with Gasteiger partial charge in [-0.1, -0.05) is 35.3 Å². The maximum atomic E-state index is 14.0. The van der Waals surface area contributed by atoms with Crippen LogP contribution in [0.4, 0.5) is 0 Å². The van der Waals surface area contributed by atoms with Gasteiger partial charge in [0.15, 0.2) is 5.78 Å². The van der Waals surface area contributed by atoms with Crippen LogP contribution in [0.5, 0.6) is 0 Å². The number of benzene rings is 2. The lowest BCUT2D eigenvalue weighted by atomic mass is 9.66. The summed E-state index contributed by atoms with van der Waals surface area (Å²) in [4.78, 5) is 51.1. The minimum Gasteiger partial charge on any atom is -0.346 e. The van der Waals surface area contributed by atoms with Gasteiger partial charge in [0.25, 0.3) is 5.91 Å². The van der Waals surface area contributed by atoms with E-state index in [1.54, 1.807) is 55.8 Å². The van der Waals surface area contributed by atoms with Crippen LogP contribution in [-0.2, 0) is 4.79 Å². The summed E-state index contributed by atoms with van der Waals surface area (Å²) in [7, 11) is 1.67. The maximum absolute atomic E-state index is 14.0. The Morgan fingerprint density at radius 2 is 1.52 bits per heavy atom. The van der Waals surface area contributed by atoms with Crippen LogP contribution in [-0.4, -0.2) is 58.1 Å². The van der Waals surface area contributed by atoms with Gasteiger partial charge in [-0.05, 0) is 73.4 Å². The van der Waals surface area contributed by atoms with Crippen molar-refractivity contribution >= 4 is 62.3 Å². The summed E-state index contributed by atoms with van der Waals surface area (Å²) >= 11 is 12.1. The molecule has 2 heterocycles. The summed E-state index contributed by atoms with van der Waals surface area (Å²) < 4.78 is 0. The van der Waals surface area contributed by atoms with Gasteiger partial charge in [0.05, 0.1) is 0 Å². The van der Waals surface area contributed by atoms with Crippen LogP contribution in [0.15, 0.2) is 60.9 Å². The van der Waals surface area contributed by atoms with Crippen LogP contribution in [0.25, 0.3) is 21.5 Å². The zero-order chi connectivity index (χ0) is 28.6. The molecule has 10 heteroatoms. The molecular weight excluding hydrogens is 549 g/mol. The molecule has 0 aliphatic heterocycles. The first-order chi connectivity index (χ1) is 19.1. The Kier molecular flexibility index (Phi) is 7.77. The van der Waals surface area contributed by atoms with E-state index < -0.39 is 17.5 Å². The minimum absolute atomic E-state index is 0.0733. The fraction of sp³-hybridized carbons (Fsp3) is 0.300. The molecule has 0 radical (unpaired) electrons. The fourth-order valence-corrected chi connectivity index (χ4v) is 5.77. The molecule has 3 N–H and O–H groups in total. The van der Waals surface area contributed by atoms with Crippen molar-refractivity contribution in [1.82, 2.24) is 20.2 Å². The molecule has 0 spiro atoms. The third-order valence-corrected chi connectivity index (χ3v) is 8.27. The Morgan fingerprint density at radius 1 is 0.950 bits per heavy atom. The summed E-state index contributed by atoms with van der Waals surface area (Å²) in [6, 6.07) is 13.0. The Morgan fingerprint density at radius 3 is 2.10 bits per heavy atom. The van der Waals surface area contributed by atoms with Crippen molar-refractivity contribution in [1.29, 1.82) is 0 Å². The molecule has 1 aliphatic rings. The van der Waals surface area contributed by atoms with Crippen LogP contribution in [0.2, 0.25) is 10.0 Å². The van der Waals surface area contributed by atoms with Crippen molar-refractivity contribution in [3.63, 3.8) is 0 Å². The highest BCUT2D eigenvalue weighted by molar-refractivity contribution is 6.31. The second kappa shape index (κ2) is 11.1. The first kappa shape index (κ1) is 28.0. The monoisotopic (exact) mass is 577 g/mol. The highest BCUT2D eigenvalue weighted by atomic mass is 35.5.